The quantitative estimate of drug-likeness (QED) is 0.771. The molecule has 1 N–H and O–H groups in total. The summed E-state index contributed by atoms with van der Waals surface area (Å²) in [5.74, 6) is 0.532. The van der Waals surface area contributed by atoms with E-state index in [9.17, 15) is 4.79 Å². The van der Waals surface area contributed by atoms with Gasteiger partial charge in [-0.05, 0) is 18.9 Å². The first-order valence-corrected chi connectivity index (χ1v) is 6.00. The van der Waals surface area contributed by atoms with Crippen molar-refractivity contribution in [2.45, 2.75) is 31.6 Å². The number of rotatable bonds is 1. The van der Waals surface area contributed by atoms with Crippen molar-refractivity contribution in [2.24, 2.45) is 12.5 Å². The number of aromatic nitrogens is 2. The number of aryl methyl sites for hydroxylation is 1. The summed E-state index contributed by atoms with van der Waals surface area (Å²) in [4.78, 5) is 12.0. The van der Waals surface area contributed by atoms with Crippen molar-refractivity contribution in [3.63, 3.8) is 0 Å². The van der Waals surface area contributed by atoms with Crippen molar-refractivity contribution in [3.8, 4) is 0 Å². The number of carbonyl (C=O) groups is 1. The summed E-state index contributed by atoms with van der Waals surface area (Å²) >= 11 is 0. The topological polar surface area (TPSA) is 46.9 Å². The molecule has 2 heterocycles. The van der Waals surface area contributed by atoms with E-state index in [0.29, 0.717) is 0 Å². The van der Waals surface area contributed by atoms with Gasteiger partial charge in [-0.15, -0.1) is 0 Å². The molecule has 1 aromatic heterocycles. The molecule has 2 fully saturated rings. The second kappa shape index (κ2) is 3.34. The third-order valence-electron chi connectivity index (χ3n) is 4.17. The molecule has 16 heavy (non-hydrogen) atoms. The lowest BCUT2D eigenvalue weighted by atomic mass is 9.74. The third-order valence-corrected chi connectivity index (χ3v) is 4.17. The normalized spacial score (nSPS) is 27.6. The molecule has 3 rings (SSSR count). The van der Waals surface area contributed by atoms with E-state index in [0.717, 1.165) is 25.1 Å². The maximum Gasteiger partial charge on any atom is 0.226 e. The van der Waals surface area contributed by atoms with E-state index in [1.165, 1.54) is 12.8 Å². The van der Waals surface area contributed by atoms with Crippen LogP contribution in [0.5, 0.6) is 0 Å². The van der Waals surface area contributed by atoms with Gasteiger partial charge in [-0.3, -0.25) is 9.48 Å². The van der Waals surface area contributed by atoms with Gasteiger partial charge in [0.05, 0.1) is 11.1 Å². The highest BCUT2D eigenvalue weighted by Gasteiger charge is 2.52. The van der Waals surface area contributed by atoms with Gasteiger partial charge in [-0.25, -0.2) is 0 Å². The number of hydrogen-bond acceptors (Lipinski definition) is 2. The van der Waals surface area contributed by atoms with Gasteiger partial charge < -0.3 is 5.32 Å². The second-order valence-corrected chi connectivity index (χ2v) is 5.04. The smallest absolute Gasteiger partial charge is 0.226 e. The highest BCUT2D eigenvalue weighted by molar-refractivity contribution is 5.86. The number of nitrogens with one attached hydrogen (secondary N) is 1. The summed E-state index contributed by atoms with van der Waals surface area (Å²) in [6.45, 7) is 0.760. The highest BCUT2D eigenvalue weighted by atomic mass is 16.2. The zero-order valence-electron chi connectivity index (χ0n) is 9.57. The average Bonchev–Trinajstić information content (AvgIpc) is 2.94. The van der Waals surface area contributed by atoms with E-state index in [-0.39, 0.29) is 17.2 Å². The van der Waals surface area contributed by atoms with Crippen molar-refractivity contribution >= 4 is 5.91 Å². The zero-order valence-corrected chi connectivity index (χ0v) is 9.57. The molecule has 0 radical (unpaired) electrons. The Morgan fingerprint density at radius 3 is 2.88 bits per heavy atom. The zero-order chi connectivity index (χ0) is 11.2. The molecule has 0 aromatic carbocycles. The Balaban J connectivity index is 1.98. The molecule has 1 atom stereocenters. The molecule has 1 aromatic rings. The molecule has 1 amide bonds. The Morgan fingerprint density at radius 1 is 1.50 bits per heavy atom. The number of hydrogen-bond donors (Lipinski definition) is 1. The van der Waals surface area contributed by atoms with E-state index < -0.39 is 0 Å². The predicted molar refractivity (Wildman–Crippen MR) is 59.9 cm³/mol. The summed E-state index contributed by atoms with van der Waals surface area (Å²) in [5.41, 5.74) is 0.928. The largest absolute Gasteiger partial charge is 0.355 e. The molecule has 1 spiro atoms. The fourth-order valence-electron chi connectivity index (χ4n) is 3.31. The van der Waals surface area contributed by atoms with Crippen LogP contribution in [0.15, 0.2) is 12.3 Å². The van der Waals surface area contributed by atoms with Gasteiger partial charge in [0.15, 0.2) is 0 Å². The Bertz CT molecular complexity index is 418. The fraction of sp³-hybridized carbons (Fsp3) is 0.667. The molecule has 1 saturated carbocycles. The van der Waals surface area contributed by atoms with Gasteiger partial charge in [0.2, 0.25) is 5.91 Å². The van der Waals surface area contributed by atoms with Crippen molar-refractivity contribution in [2.75, 3.05) is 6.54 Å². The minimum atomic E-state index is -0.144. The molecule has 4 nitrogen and oxygen atoms in total. The van der Waals surface area contributed by atoms with Gasteiger partial charge in [-0.1, -0.05) is 12.8 Å². The van der Waals surface area contributed by atoms with Crippen LogP contribution in [0, 0.1) is 5.41 Å². The van der Waals surface area contributed by atoms with Gasteiger partial charge in [0.25, 0.3) is 0 Å². The van der Waals surface area contributed by atoms with Crippen LogP contribution in [0.2, 0.25) is 0 Å². The minimum absolute atomic E-state index is 0.144. The maximum absolute atomic E-state index is 12.0. The molecule has 1 unspecified atom stereocenters. The van der Waals surface area contributed by atoms with E-state index in [4.69, 9.17) is 0 Å². The van der Waals surface area contributed by atoms with Gasteiger partial charge in [-0.2, -0.15) is 5.10 Å². The monoisotopic (exact) mass is 219 g/mol. The Kier molecular flexibility index (Phi) is 2.06. The lowest BCUT2D eigenvalue weighted by Crippen LogP contribution is -2.31. The van der Waals surface area contributed by atoms with Crippen LogP contribution in [0.1, 0.15) is 37.3 Å². The molecule has 2 aliphatic rings. The molecule has 1 aliphatic carbocycles. The first kappa shape index (κ1) is 9.87. The molecule has 0 bridgehead atoms. The Hall–Kier alpha value is -1.32. The number of carbonyl (C=O) groups excluding carboxylic acids is 1. The lowest BCUT2D eigenvalue weighted by Gasteiger charge is -2.26. The lowest BCUT2D eigenvalue weighted by molar-refractivity contribution is -0.127. The van der Waals surface area contributed by atoms with Crippen molar-refractivity contribution < 1.29 is 4.79 Å². The molecule has 1 aliphatic heterocycles. The molecular formula is C12H17N3O. The van der Waals surface area contributed by atoms with E-state index in [1.54, 1.807) is 0 Å². The molecular weight excluding hydrogens is 202 g/mol. The SMILES string of the molecule is Cn1ccc(C2CNC(=O)C23CCCC3)n1. The standard InChI is InChI=1S/C12H17N3O/c1-15-7-4-10(14-15)9-8-13-11(16)12(9)5-2-3-6-12/h4,7,9H,2-3,5-6,8H2,1H3,(H,13,16). The van der Waals surface area contributed by atoms with Crippen LogP contribution in [-0.4, -0.2) is 22.2 Å². The Morgan fingerprint density at radius 2 is 2.25 bits per heavy atom. The number of amides is 1. The minimum Gasteiger partial charge on any atom is -0.355 e. The summed E-state index contributed by atoms with van der Waals surface area (Å²) in [6, 6.07) is 2.05. The van der Waals surface area contributed by atoms with Gasteiger partial charge in [0.1, 0.15) is 0 Å². The summed E-state index contributed by atoms with van der Waals surface area (Å²) in [7, 11) is 1.93. The van der Waals surface area contributed by atoms with E-state index in [2.05, 4.69) is 10.4 Å². The molecule has 4 heteroatoms. The summed E-state index contributed by atoms with van der Waals surface area (Å²) in [6.07, 6.45) is 6.37. The molecule has 1 saturated heterocycles. The van der Waals surface area contributed by atoms with Crippen LogP contribution < -0.4 is 5.32 Å². The van der Waals surface area contributed by atoms with Crippen molar-refractivity contribution in [3.05, 3.63) is 18.0 Å². The van der Waals surface area contributed by atoms with Gasteiger partial charge in [0, 0.05) is 25.7 Å². The Labute approximate surface area is 95.0 Å². The third kappa shape index (κ3) is 1.22. The highest BCUT2D eigenvalue weighted by Crippen LogP contribution is 2.51. The van der Waals surface area contributed by atoms with Crippen LogP contribution in [0.3, 0.4) is 0 Å². The maximum atomic E-state index is 12.0. The average molecular weight is 219 g/mol. The van der Waals surface area contributed by atoms with Gasteiger partial charge >= 0.3 is 0 Å². The van der Waals surface area contributed by atoms with Crippen LogP contribution in [-0.2, 0) is 11.8 Å². The van der Waals surface area contributed by atoms with Crippen molar-refractivity contribution in [1.29, 1.82) is 0 Å². The van der Waals surface area contributed by atoms with Crippen LogP contribution in [0.4, 0.5) is 0 Å². The van der Waals surface area contributed by atoms with E-state index >= 15 is 0 Å². The predicted octanol–water partition coefficient (Wildman–Crippen LogP) is 1.19. The summed E-state index contributed by atoms with van der Waals surface area (Å²) in [5, 5.41) is 7.49. The number of nitrogens with zero attached hydrogens (tertiary/aromatic N) is 2. The second-order valence-electron chi connectivity index (χ2n) is 5.04. The van der Waals surface area contributed by atoms with E-state index in [1.807, 2.05) is 24.0 Å². The van der Waals surface area contributed by atoms with Crippen molar-refractivity contribution in [1.82, 2.24) is 15.1 Å². The fourth-order valence-corrected chi connectivity index (χ4v) is 3.31. The summed E-state index contributed by atoms with van der Waals surface area (Å²) < 4.78 is 1.82. The first-order valence-electron chi connectivity index (χ1n) is 6.00. The van der Waals surface area contributed by atoms with Crippen LogP contribution >= 0.6 is 0 Å². The van der Waals surface area contributed by atoms with Crippen LogP contribution in [0.25, 0.3) is 0 Å². The molecule has 86 valence electrons. The first-order chi connectivity index (χ1) is 7.72.